The minimum atomic E-state index is -0.0896. The van der Waals surface area contributed by atoms with Gasteiger partial charge in [-0.15, -0.1) is 0 Å². The van der Waals surface area contributed by atoms with Crippen molar-refractivity contribution in [1.29, 1.82) is 0 Å². The van der Waals surface area contributed by atoms with Crippen molar-refractivity contribution in [2.75, 3.05) is 0 Å². The van der Waals surface area contributed by atoms with Crippen molar-refractivity contribution in [3.8, 4) is 0 Å². The number of aromatic nitrogens is 2. The van der Waals surface area contributed by atoms with Gasteiger partial charge in [-0.05, 0) is 11.6 Å². The second-order valence-electron chi connectivity index (χ2n) is 3.13. The zero-order chi connectivity index (χ0) is 10.7. The van der Waals surface area contributed by atoms with Crippen molar-refractivity contribution < 1.29 is 0 Å². The Morgan fingerprint density at radius 2 is 2.13 bits per heavy atom. The van der Waals surface area contributed by atoms with Crippen LogP contribution in [0.4, 0.5) is 0 Å². The second-order valence-corrected chi connectivity index (χ2v) is 3.99. The highest BCUT2D eigenvalue weighted by atomic mass is 79.9. The number of benzene rings is 1. The van der Waals surface area contributed by atoms with Gasteiger partial charge >= 0.3 is 0 Å². The van der Waals surface area contributed by atoms with Gasteiger partial charge in [0, 0.05) is 16.9 Å². The van der Waals surface area contributed by atoms with Crippen LogP contribution in [0.1, 0.15) is 5.56 Å². The van der Waals surface area contributed by atoms with E-state index in [1.54, 1.807) is 17.0 Å². The molecule has 2 rings (SSSR count). The second kappa shape index (κ2) is 4.40. The van der Waals surface area contributed by atoms with E-state index in [-0.39, 0.29) is 5.56 Å². The van der Waals surface area contributed by atoms with Crippen molar-refractivity contribution in [3.63, 3.8) is 0 Å². The van der Waals surface area contributed by atoms with Crippen molar-refractivity contribution >= 4 is 15.9 Å². The van der Waals surface area contributed by atoms with Gasteiger partial charge in [0.2, 0.25) is 0 Å². The van der Waals surface area contributed by atoms with Crippen molar-refractivity contribution in [1.82, 2.24) is 9.55 Å². The van der Waals surface area contributed by atoms with Crippen LogP contribution in [0.3, 0.4) is 0 Å². The van der Waals surface area contributed by atoms with Gasteiger partial charge in [0.1, 0.15) is 0 Å². The summed E-state index contributed by atoms with van der Waals surface area (Å²) >= 11 is 3.45. The first-order valence-electron chi connectivity index (χ1n) is 4.51. The molecule has 2 aromatic rings. The molecule has 0 aliphatic carbocycles. The molecule has 3 nitrogen and oxygen atoms in total. The van der Waals surface area contributed by atoms with Crippen LogP contribution in [0.15, 0.2) is 52.1 Å². The van der Waals surface area contributed by atoms with Gasteiger partial charge in [0.05, 0.1) is 12.7 Å². The summed E-state index contributed by atoms with van der Waals surface area (Å²) in [6.45, 7) is 0.558. The topological polar surface area (TPSA) is 34.9 Å². The van der Waals surface area contributed by atoms with Crippen LogP contribution in [0.5, 0.6) is 0 Å². The normalized spacial score (nSPS) is 10.2. The van der Waals surface area contributed by atoms with Gasteiger partial charge in [0.15, 0.2) is 0 Å². The lowest BCUT2D eigenvalue weighted by Gasteiger charge is -2.06. The Morgan fingerprint density at radius 3 is 2.87 bits per heavy atom. The maximum absolute atomic E-state index is 11.4. The first kappa shape index (κ1) is 10.1. The summed E-state index contributed by atoms with van der Waals surface area (Å²) in [5.41, 5.74) is 0.985. The van der Waals surface area contributed by atoms with Crippen LogP contribution in [0.2, 0.25) is 0 Å². The largest absolute Gasteiger partial charge is 0.308 e. The van der Waals surface area contributed by atoms with Crippen LogP contribution in [0.25, 0.3) is 0 Å². The monoisotopic (exact) mass is 264 g/mol. The molecule has 0 fully saturated rings. The smallest absolute Gasteiger partial charge is 0.269 e. The van der Waals surface area contributed by atoms with Crippen molar-refractivity contribution in [2.24, 2.45) is 0 Å². The number of hydrogen-bond donors (Lipinski definition) is 0. The third-order valence-electron chi connectivity index (χ3n) is 2.10. The molecule has 76 valence electrons. The van der Waals surface area contributed by atoms with Gasteiger partial charge in [-0.1, -0.05) is 34.1 Å². The van der Waals surface area contributed by atoms with Crippen LogP contribution in [0, 0.1) is 0 Å². The highest BCUT2D eigenvalue weighted by molar-refractivity contribution is 9.10. The molecule has 1 aromatic carbocycles. The van der Waals surface area contributed by atoms with Crippen LogP contribution < -0.4 is 5.56 Å². The maximum atomic E-state index is 11.4. The summed E-state index contributed by atoms with van der Waals surface area (Å²) < 4.78 is 2.63. The Balaban J connectivity index is 2.34. The van der Waals surface area contributed by atoms with Gasteiger partial charge in [-0.3, -0.25) is 9.78 Å². The minimum Gasteiger partial charge on any atom is -0.308 e. The number of rotatable bonds is 2. The molecule has 0 aliphatic heterocycles. The van der Waals surface area contributed by atoms with E-state index in [1.165, 1.54) is 6.20 Å². The van der Waals surface area contributed by atoms with Crippen LogP contribution >= 0.6 is 15.9 Å². The van der Waals surface area contributed by atoms with Gasteiger partial charge in [-0.2, -0.15) is 0 Å². The summed E-state index contributed by atoms with van der Waals surface area (Å²) in [6.07, 6.45) is 4.61. The molecule has 1 aromatic heterocycles. The van der Waals surface area contributed by atoms with E-state index in [4.69, 9.17) is 0 Å². The molecule has 0 saturated carbocycles. The number of hydrogen-bond acceptors (Lipinski definition) is 2. The average Bonchev–Trinajstić information content (AvgIpc) is 2.24. The van der Waals surface area contributed by atoms with Crippen LogP contribution in [-0.2, 0) is 6.54 Å². The number of nitrogens with zero attached hydrogens (tertiary/aromatic N) is 2. The zero-order valence-corrected chi connectivity index (χ0v) is 9.52. The van der Waals surface area contributed by atoms with E-state index in [2.05, 4.69) is 20.9 Å². The van der Waals surface area contributed by atoms with E-state index in [1.807, 2.05) is 24.3 Å². The molecule has 1 heterocycles. The Bertz CT molecular complexity index is 522. The first-order valence-corrected chi connectivity index (χ1v) is 5.30. The molecule has 0 unspecified atom stereocenters. The van der Waals surface area contributed by atoms with Crippen molar-refractivity contribution in [2.45, 2.75) is 6.54 Å². The molecule has 15 heavy (non-hydrogen) atoms. The molecular formula is C11H9BrN2O. The van der Waals surface area contributed by atoms with Crippen LogP contribution in [-0.4, -0.2) is 9.55 Å². The summed E-state index contributed by atoms with van der Waals surface area (Å²) in [4.78, 5) is 15.2. The Morgan fingerprint density at radius 1 is 1.33 bits per heavy atom. The fourth-order valence-corrected chi connectivity index (χ4v) is 1.72. The Hall–Kier alpha value is -1.42. The molecule has 0 amide bonds. The molecule has 0 atom stereocenters. The lowest BCUT2D eigenvalue weighted by atomic mass is 10.2. The molecule has 0 aliphatic rings. The summed E-state index contributed by atoms with van der Waals surface area (Å²) in [5.74, 6) is 0. The molecule has 0 N–H and O–H groups in total. The SMILES string of the molecule is O=c1cnccn1Cc1ccccc1Br. The predicted molar refractivity (Wildman–Crippen MR) is 61.7 cm³/mol. The third-order valence-corrected chi connectivity index (χ3v) is 2.87. The first-order chi connectivity index (χ1) is 7.27. The maximum Gasteiger partial charge on any atom is 0.269 e. The average molecular weight is 265 g/mol. The van der Waals surface area contributed by atoms with E-state index in [0.29, 0.717) is 6.54 Å². The molecule has 0 spiro atoms. The van der Waals surface area contributed by atoms with Gasteiger partial charge in [-0.25, -0.2) is 0 Å². The molecule has 0 radical (unpaired) electrons. The lowest BCUT2D eigenvalue weighted by Crippen LogP contribution is -2.19. The molecule has 0 saturated heterocycles. The van der Waals surface area contributed by atoms with E-state index < -0.39 is 0 Å². The summed E-state index contributed by atoms with van der Waals surface area (Å²) in [7, 11) is 0. The van der Waals surface area contributed by atoms with E-state index in [9.17, 15) is 4.79 Å². The highest BCUT2D eigenvalue weighted by Crippen LogP contribution is 2.16. The third kappa shape index (κ3) is 2.33. The Kier molecular flexibility index (Phi) is 2.97. The molecular weight excluding hydrogens is 256 g/mol. The van der Waals surface area contributed by atoms with Gasteiger partial charge < -0.3 is 4.57 Å². The lowest BCUT2D eigenvalue weighted by molar-refractivity contribution is 0.745. The standard InChI is InChI=1S/C11H9BrN2O/c12-10-4-2-1-3-9(10)8-14-6-5-13-7-11(14)15/h1-7H,8H2. The van der Waals surface area contributed by atoms with E-state index in [0.717, 1.165) is 10.0 Å². The number of halogens is 1. The van der Waals surface area contributed by atoms with Gasteiger partial charge in [0.25, 0.3) is 5.56 Å². The minimum absolute atomic E-state index is 0.0896. The summed E-state index contributed by atoms with van der Waals surface area (Å²) in [6, 6.07) is 7.84. The van der Waals surface area contributed by atoms with E-state index >= 15 is 0 Å². The Labute approximate surface area is 95.5 Å². The fourth-order valence-electron chi connectivity index (χ4n) is 1.31. The predicted octanol–water partition coefficient (Wildman–Crippen LogP) is 2.05. The highest BCUT2D eigenvalue weighted by Gasteiger charge is 2.00. The van der Waals surface area contributed by atoms with Crippen molar-refractivity contribution in [3.05, 3.63) is 63.2 Å². The zero-order valence-electron chi connectivity index (χ0n) is 7.93. The quantitative estimate of drug-likeness (QED) is 0.833. The molecule has 0 bridgehead atoms. The molecule has 4 heteroatoms. The summed E-state index contributed by atoms with van der Waals surface area (Å²) in [5, 5.41) is 0. The fraction of sp³-hybridized carbons (Fsp3) is 0.0909.